The topological polar surface area (TPSA) is 0 Å². The Morgan fingerprint density at radius 1 is 1.38 bits per heavy atom. The van der Waals surface area contributed by atoms with Crippen LogP contribution in [0.2, 0.25) is 0 Å². The number of rotatable bonds is 2. The van der Waals surface area contributed by atoms with E-state index in [9.17, 15) is 0 Å². The van der Waals surface area contributed by atoms with E-state index in [1.165, 1.54) is 11.8 Å². The maximum atomic E-state index is 2.85. The van der Waals surface area contributed by atoms with Gasteiger partial charge in [0.15, 0.2) is 0 Å². The lowest BCUT2D eigenvalue weighted by atomic mass is 10.9. The smallest absolute Gasteiger partial charge is 0.00179 e. The van der Waals surface area contributed by atoms with Gasteiger partial charge in [0.05, 0.1) is 0 Å². The molecule has 0 nitrogen and oxygen atoms in total. The molecule has 0 unspecified atom stereocenters. The fraction of sp³-hybridized carbons (Fsp3) is 0.333. The summed E-state index contributed by atoms with van der Waals surface area (Å²) in [5.74, 6) is 2.78. The van der Waals surface area contributed by atoms with Crippen molar-refractivity contribution in [3.05, 3.63) is 10.8 Å². The Labute approximate surface area is 59.1 Å². The summed E-state index contributed by atoms with van der Waals surface area (Å²) in [6.45, 7) is 1.83. The standard InChI is InChI=1S/C6H8S2/c1-3-4-8-6-5-7-2/h5-6H,1-2H3/b6-5-. The van der Waals surface area contributed by atoms with Gasteiger partial charge < -0.3 is 0 Å². The number of thioether (sulfide) groups is 2. The molecule has 0 aromatic heterocycles. The van der Waals surface area contributed by atoms with Crippen LogP contribution in [0, 0.1) is 11.2 Å². The zero-order chi connectivity index (χ0) is 6.24. The van der Waals surface area contributed by atoms with Crippen LogP contribution in [-0.4, -0.2) is 6.26 Å². The molecule has 0 saturated heterocycles. The molecule has 0 aliphatic carbocycles. The van der Waals surface area contributed by atoms with Gasteiger partial charge in [0.2, 0.25) is 0 Å². The van der Waals surface area contributed by atoms with Crippen LogP contribution < -0.4 is 0 Å². The van der Waals surface area contributed by atoms with Crippen molar-refractivity contribution in [3.8, 4) is 11.2 Å². The van der Waals surface area contributed by atoms with Crippen molar-refractivity contribution in [2.45, 2.75) is 6.92 Å². The van der Waals surface area contributed by atoms with Crippen LogP contribution in [0.3, 0.4) is 0 Å². The summed E-state index contributed by atoms with van der Waals surface area (Å²) in [4.78, 5) is 0. The summed E-state index contributed by atoms with van der Waals surface area (Å²) in [7, 11) is 0. The maximum absolute atomic E-state index is 2.85. The van der Waals surface area contributed by atoms with Crippen molar-refractivity contribution in [2.24, 2.45) is 0 Å². The molecule has 2 heteroatoms. The Kier molecular flexibility index (Phi) is 7.00. The third kappa shape index (κ3) is 6.00. The lowest BCUT2D eigenvalue weighted by Crippen LogP contribution is -1.42. The largest absolute Gasteiger partial charge is 0.137 e. The van der Waals surface area contributed by atoms with Crippen molar-refractivity contribution < 1.29 is 0 Å². The molecule has 0 heterocycles. The molecule has 0 radical (unpaired) electrons. The quantitative estimate of drug-likeness (QED) is 0.546. The van der Waals surface area contributed by atoms with E-state index in [2.05, 4.69) is 11.2 Å². The first-order valence-electron chi connectivity index (χ1n) is 2.17. The lowest BCUT2D eigenvalue weighted by molar-refractivity contribution is 1.94. The maximum Gasteiger partial charge on any atom is -0.00179 e. The Balaban J connectivity index is 3.12. The van der Waals surface area contributed by atoms with Crippen molar-refractivity contribution in [2.75, 3.05) is 6.26 Å². The van der Waals surface area contributed by atoms with E-state index in [4.69, 9.17) is 0 Å². The van der Waals surface area contributed by atoms with Gasteiger partial charge >= 0.3 is 0 Å². The highest BCUT2D eigenvalue weighted by Gasteiger charge is 1.65. The molecule has 8 heavy (non-hydrogen) atoms. The molecule has 0 aromatic rings. The molecule has 0 bridgehead atoms. The van der Waals surface area contributed by atoms with E-state index >= 15 is 0 Å². The summed E-state index contributed by atoms with van der Waals surface area (Å²) in [6, 6.07) is 0. The Morgan fingerprint density at radius 3 is 2.62 bits per heavy atom. The van der Waals surface area contributed by atoms with Gasteiger partial charge in [0.1, 0.15) is 0 Å². The van der Waals surface area contributed by atoms with E-state index in [-0.39, 0.29) is 0 Å². The summed E-state index contributed by atoms with van der Waals surface area (Å²) >= 11 is 3.20. The van der Waals surface area contributed by atoms with Gasteiger partial charge in [-0.2, -0.15) is 0 Å². The average Bonchev–Trinajstić information content (AvgIpc) is 1.81. The third-order valence-corrected chi connectivity index (χ3v) is 1.60. The summed E-state index contributed by atoms with van der Waals surface area (Å²) < 4.78 is 0. The highest BCUT2D eigenvalue weighted by Crippen LogP contribution is 2.02. The second kappa shape index (κ2) is 7.00. The fourth-order valence-corrected chi connectivity index (χ4v) is 1.03. The van der Waals surface area contributed by atoms with Crippen LogP contribution in [0.25, 0.3) is 0 Å². The predicted molar refractivity (Wildman–Crippen MR) is 43.7 cm³/mol. The van der Waals surface area contributed by atoms with Crippen molar-refractivity contribution in [1.29, 1.82) is 0 Å². The van der Waals surface area contributed by atoms with Gasteiger partial charge in [0, 0.05) is 0 Å². The predicted octanol–water partition coefficient (Wildman–Crippen LogP) is 2.53. The summed E-state index contributed by atoms with van der Waals surface area (Å²) in [6.07, 6.45) is 2.02. The Bertz CT molecular complexity index is 116. The zero-order valence-corrected chi connectivity index (χ0v) is 6.60. The van der Waals surface area contributed by atoms with E-state index in [1.54, 1.807) is 11.8 Å². The van der Waals surface area contributed by atoms with Gasteiger partial charge in [-0.15, -0.1) is 11.8 Å². The zero-order valence-electron chi connectivity index (χ0n) is 4.97. The minimum absolute atomic E-state index is 1.52. The molecular weight excluding hydrogens is 136 g/mol. The van der Waals surface area contributed by atoms with Crippen LogP contribution in [0.5, 0.6) is 0 Å². The monoisotopic (exact) mass is 144 g/mol. The van der Waals surface area contributed by atoms with E-state index in [1.807, 2.05) is 24.0 Å². The molecule has 0 fully saturated rings. The number of hydrogen-bond acceptors (Lipinski definition) is 2. The van der Waals surface area contributed by atoms with Crippen molar-refractivity contribution >= 4 is 23.5 Å². The summed E-state index contributed by atoms with van der Waals surface area (Å²) in [5, 5.41) is 6.83. The molecule has 0 saturated carbocycles. The van der Waals surface area contributed by atoms with E-state index < -0.39 is 0 Å². The molecular formula is C6H8S2. The first-order chi connectivity index (χ1) is 3.91. The fourth-order valence-electron chi connectivity index (χ4n) is 0.176. The first kappa shape index (κ1) is 8.00. The van der Waals surface area contributed by atoms with Crippen LogP contribution in [0.1, 0.15) is 6.92 Å². The van der Waals surface area contributed by atoms with Gasteiger partial charge in [-0.25, -0.2) is 0 Å². The molecule has 0 amide bonds. The minimum atomic E-state index is 1.52. The average molecular weight is 144 g/mol. The molecule has 44 valence electrons. The van der Waals surface area contributed by atoms with Crippen LogP contribution >= 0.6 is 23.5 Å². The molecule has 0 aromatic carbocycles. The summed E-state index contributed by atoms with van der Waals surface area (Å²) in [5.41, 5.74) is 0. The van der Waals surface area contributed by atoms with Crippen LogP contribution in [0.15, 0.2) is 10.8 Å². The van der Waals surface area contributed by atoms with Crippen LogP contribution in [0.4, 0.5) is 0 Å². The minimum Gasteiger partial charge on any atom is -0.137 e. The van der Waals surface area contributed by atoms with Crippen LogP contribution in [-0.2, 0) is 0 Å². The first-order valence-corrected chi connectivity index (χ1v) is 4.33. The molecule has 0 N–H and O–H groups in total. The molecule has 0 atom stereocenters. The highest BCUT2D eigenvalue weighted by molar-refractivity contribution is 8.08. The Hall–Kier alpha value is -0.0000000000000000555. The molecule has 0 rings (SSSR count). The lowest BCUT2D eigenvalue weighted by Gasteiger charge is -1.73. The molecule has 0 aliphatic heterocycles. The highest BCUT2D eigenvalue weighted by atomic mass is 32.2. The van der Waals surface area contributed by atoms with E-state index in [0.717, 1.165) is 0 Å². The third-order valence-electron chi connectivity index (χ3n) is 0.421. The molecule has 0 aliphatic rings. The Morgan fingerprint density at radius 2 is 2.12 bits per heavy atom. The van der Waals surface area contributed by atoms with Crippen molar-refractivity contribution in [1.82, 2.24) is 0 Å². The van der Waals surface area contributed by atoms with Gasteiger partial charge in [-0.3, -0.25) is 0 Å². The second-order valence-corrected chi connectivity index (χ2v) is 2.43. The van der Waals surface area contributed by atoms with Gasteiger partial charge in [-0.1, -0.05) is 5.92 Å². The number of hydrogen-bond donors (Lipinski definition) is 0. The van der Waals surface area contributed by atoms with Gasteiger partial charge in [0.25, 0.3) is 0 Å². The molecule has 0 spiro atoms. The normalized spacial score (nSPS) is 8.75. The second-order valence-electron chi connectivity index (χ2n) is 0.978. The van der Waals surface area contributed by atoms with Gasteiger partial charge in [-0.05, 0) is 41.0 Å². The van der Waals surface area contributed by atoms with E-state index in [0.29, 0.717) is 0 Å². The SMILES string of the molecule is CC#CS/C=C\SC. The van der Waals surface area contributed by atoms with Crippen molar-refractivity contribution in [3.63, 3.8) is 0 Å².